The van der Waals surface area contributed by atoms with E-state index in [1.165, 1.54) is 43.3 Å². The van der Waals surface area contributed by atoms with Crippen LogP contribution >= 0.6 is 0 Å². The molecule has 1 aliphatic carbocycles. The number of hydrogen-bond donors (Lipinski definition) is 1. The summed E-state index contributed by atoms with van der Waals surface area (Å²) in [6, 6.07) is 8.53. The zero-order chi connectivity index (χ0) is 32.7. The van der Waals surface area contributed by atoms with Gasteiger partial charge in [0.05, 0.1) is 23.0 Å². The second-order valence-corrected chi connectivity index (χ2v) is 11.9. The SMILES string of the molecule is C=CC(C)=O.CCC(C)CCc1nn(-c2ccc(C3CCC3)cc2O)c2c1C(CC)N(C(=O)c1ccc(OC(F)F)nc1)CC2. The average Bonchev–Trinajstić information content (AvgIpc) is 3.37. The van der Waals surface area contributed by atoms with Gasteiger partial charge in [0, 0.05) is 30.8 Å². The van der Waals surface area contributed by atoms with E-state index in [1.54, 1.807) is 0 Å². The highest BCUT2D eigenvalue weighted by atomic mass is 19.3. The topological polar surface area (TPSA) is 97.6 Å². The minimum atomic E-state index is -2.97. The number of carbonyl (C=O) groups is 2. The van der Waals surface area contributed by atoms with Gasteiger partial charge in [-0.2, -0.15) is 13.9 Å². The first-order chi connectivity index (χ1) is 21.6. The summed E-state index contributed by atoms with van der Waals surface area (Å²) in [5.41, 5.74) is 5.20. The van der Waals surface area contributed by atoms with Gasteiger partial charge >= 0.3 is 6.61 Å². The number of fused-ring (bicyclic) bond motifs is 1. The van der Waals surface area contributed by atoms with Gasteiger partial charge in [-0.05, 0) is 80.7 Å². The van der Waals surface area contributed by atoms with E-state index in [1.807, 2.05) is 21.7 Å². The van der Waals surface area contributed by atoms with Gasteiger partial charge in [-0.15, -0.1) is 0 Å². The summed E-state index contributed by atoms with van der Waals surface area (Å²) in [5.74, 6) is 0.875. The molecular formula is C35H44F2N4O4. The zero-order valence-corrected chi connectivity index (χ0v) is 26.6. The number of nitrogens with zero attached hydrogens (tertiary/aromatic N) is 4. The molecule has 3 aromatic rings. The van der Waals surface area contributed by atoms with Crippen molar-refractivity contribution in [2.75, 3.05) is 6.54 Å². The lowest BCUT2D eigenvalue weighted by atomic mass is 9.80. The maximum Gasteiger partial charge on any atom is 0.388 e. The van der Waals surface area contributed by atoms with Crippen molar-refractivity contribution in [1.29, 1.82) is 0 Å². The Bertz CT molecular complexity index is 1480. The summed E-state index contributed by atoms with van der Waals surface area (Å²) in [4.78, 5) is 29.1. The Morgan fingerprint density at radius 1 is 1.20 bits per heavy atom. The zero-order valence-electron chi connectivity index (χ0n) is 26.6. The molecule has 1 aromatic carbocycles. The van der Waals surface area contributed by atoms with E-state index < -0.39 is 6.61 Å². The summed E-state index contributed by atoms with van der Waals surface area (Å²) in [7, 11) is 0. The number of ketones is 1. The predicted octanol–water partition coefficient (Wildman–Crippen LogP) is 7.73. The molecule has 45 heavy (non-hydrogen) atoms. The lowest BCUT2D eigenvalue weighted by molar-refractivity contribution is -0.112. The van der Waals surface area contributed by atoms with Crippen molar-refractivity contribution in [3.8, 4) is 17.3 Å². The number of aromatic hydroxyl groups is 1. The fraction of sp³-hybridized carbons (Fsp3) is 0.486. The lowest BCUT2D eigenvalue weighted by Gasteiger charge is -2.36. The van der Waals surface area contributed by atoms with Crippen LogP contribution in [0.3, 0.4) is 0 Å². The lowest BCUT2D eigenvalue weighted by Crippen LogP contribution is -2.40. The second-order valence-electron chi connectivity index (χ2n) is 11.9. The van der Waals surface area contributed by atoms with Crippen LogP contribution < -0.4 is 4.74 Å². The Hall–Kier alpha value is -4.08. The Morgan fingerprint density at radius 2 is 1.93 bits per heavy atom. The van der Waals surface area contributed by atoms with Gasteiger partial charge in [0.15, 0.2) is 5.78 Å². The van der Waals surface area contributed by atoms with Crippen molar-refractivity contribution in [1.82, 2.24) is 19.7 Å². The maximum atomic E-state index is 13.6. The third-order valence-corrected chi connectivity index (χ3v) is 8.90. The molecular weight excluding hydrogens is 578 g/mol. The van der Waals surface area contributed by atoms with Crippen LogP contribution in [0, 0.1) is 5.92 Å². The van der Waals surface area contributed by atoms with Gasteiger partial charge in [0.2, 0.25) is 5.88 Å². The standard InChI is InChI=1S/C31H38F2N4O3.C4H6O/c1-4-19(3)9-12-23-29-24(5-2)36(30(39)22-11-14-28(34-18-22)40-31(32)33)16-15-26(29)37(35-23)25-13-10-21(17-27(25)38)20-7-6-8-20;1-3-4(2)5/h10-11,13-14,17-20,24,31,38H,4-9,12,15-16H2,1-3H3;3H,1H2,2H3. The number of amides is 1. The summed E-state index contributed by atoms with van der Waals surface area (Å²) in [5, 5.41) is 16.1. The van der Waals surface area contributed by atoms with Crippen LogP contribution in [0.5, 0.6) is 11.6 Å². The number of allylic oxidation sites excluding steroid dienone is 1. The highest BCUT2D eigenvalue weighted by Crippen LogP contribution is 2.41. The number of phenolic OH excluding ortho intramolecular Hbond substituents is 1. The predicted molar refractivity (Wildman–Crippen MR) is 169 cm³/mol. The van der Waals surface area contributed by atoms with Gasteiger partial charge in [-0.1, -0.05) is 46.3 Å². The second kappa shape index (κ2) is 15.3. The fourth-order valence-electron chi connectivity index (χ4n) is 5.87. The highest BCUT2D eigenvalue weighted by molar-refractivity contribution is 5.94. The van der Waals surface area contributed by atoms with Crippen LogP contribution in [0.15, 0.2) is 49.2 Å². The number of phenols is 1. The number of benzene rings is 1. The van der Waals surface area contributed by atoms with Crippen LogP contribution in [0.1, 0.15) is 111 Å². The molecule has 8 nitrogen and oxygen atoms in total. The smallest absolute Gasteiger partial charge is 0.388 e. The minimum absolute atomic E-state index is 0.0185. The minimum Gasteiger partial charge on any atom is -0.506 e. The molecule has 1 aliphatic heterocycles. The number of halogens is 2. The molecule has 2 atom stereocenters. The molecule has 2 unspecified atom stereocenters. The molecule has 1 fully saturated rings. The largest absolute Gasteiger partial charge is 0.506 e. The summed E-state index contributed by atoms with van der Waals surface area (Å²) < 4.78 is 31.3. The Morgan fingerprint density at radius 3 is 2.47 bits per heavy atom. The van der Waals surface area contributed by atoms with Gasteiger partial charge in [-0.3, -0.25) is 9.59 Å². The molecule has 1 N–H and O–H groups in total. The first kappa shape index (κ1) is 33.8. The molecule has 242 valence electrons. The number of ether oxygens (including phenoxy) is 1. The van der Waals surface area contributed by atoms with Crippen molar-refractivity contribution in [3.63, 3.8) is 0 Å². The molecule has 0 spiro atoms. The Labute approximate surface area is 264 Å². The van der Waals surface area contributed by atoms with E-state index in [2.05, 4.69) is 43.1 Å². The number of carbonyl (C=O) groups excluding carboxylic acids is 2. The third kappa shape index (κ3) is 7.96. The van der Waals surface area contributed by atoms with Crippen molar-refractivity contribution in [2.45, 2.75) is 97.6 Å². The molecule has 0 saturated heterocycles. The summed E-state index contributed by atoms with van der Waals surface area (Å²) in [6.45, 7) is 8.64. The maximum absolute atomic E-state index is 13.6. The monoisotopic (exact) mass is 622 g/mol. The normalized spacial score (nSPS) is 16.7. The molecule has 2 aromatic heterocycles. The van der Waals surface area contributed by atoms with Crippen molar-refractivity contribution in [2.24, 2.45) is 5.92 Å². The molecule has 3 heterocycles. The van der Waals surface area contributed by atoms with Crippen LogP contribution in [0.2, 0.25) is 0 Å². The van der Waals surface area contributed by atoms with E-state index >= 15 is 0 Å². The van der Waals surface area contributed by atoms with Crippen molar-refractivity contribution >= 4 is 11.7 Å². The van der Waals surface area contributed by atoms with E-state index in [0.29, 0.717) is 42.5 Å². The number of aromatic nitrogens is 3. The molecule has 0 radical (unpaired) electrons. The van der Waals surface area contributed by atoms with Crippen LogP contribution in [-0.2, 0) is 17.6 Å². The number of hydrogen-bond acceptors (Lipinski definition) is 6. The van der Waals surface area contributed by atoms with E-state index in [-0.39, 0.29) is 29.4 Å². The van der Waals surface area contributed by atoms with Crippen molar-refractivity contribution < 1.29 is 28.2 Å². The number of aryl methyl sites for hydroxylation is 1. The van der Waals surface area contributed by atoms with E-state index in [4.69, 9.17) is 5.10 Å². The van der Waals surface area contributed by atoms with Gasteiger partial charge < -0.3 is 14.7 Å². The fourth-order valence-corrected chi connectivity index (χ4v) is 5.87. The highest BCUT2D eigenvalue weighted by Gasteiger charge is 2.36. The molecule has 2 aliphatic rings. The van der Waals surface area contributed by atoms with Gasteiger partial charge in [0.1, 0.15) is 11.4 Å². The number of alkyl halides is 2. The molecule has 10 heteroatoms. The summed E-state index contributed by atoms with van der Waals surface area (Å²) >= 11 is 0. The Kier molecular flexibility index (Phi) is 11.5. The van der Waals surface area contributed by atoms with E-state index in [0.717, 1.165) is 49.1 Å². The average molecular weight is 623 g/mol. The molecule has 1 saturated carbocycles. The molecule has 1 amide bonds. The number of rotatable bonds is 11. The van der Waals surface area contributed by atoms with E-state index in [9.17, 15) is 23.5 Å². The van der Waals surface area contributed by atoms with Crippen molar-refractivity contribution in [3.05, 3.63) is 77.3 Å². The first-order valence-electron chi connectivity index (χ1n) is 15.9. The van der Waals surface area contributed by atoms with Gasteiger partial charge in [-0.25, -0.2) is 9.67 Å². The number of pyridine rings is 1. The van der Waals surface area contributed by atoms with Gasteiger partial charge in [0.25, 0.3) is 5.91 Å². The van der Waals surface area contributed by atoms with Crippen LogP contribution in [0.25, 0.3) is 5.69 Å². The third-order valence-electron chi connectivity index (χ3n) is 8.90. The molecule has 5 rings (SSSR count). The first-order valence-corrected chi connectivity index (χ1v) is 15.9. The quantitative estimate of drug-likeness (QED) is 0.220. The summed E-state index contributed by atoms with van der Waals surface area (Å²) in [6.07, 6.45) is 10.2. The molecule has 0 bridgehead atoms. The van der Waals surface area contributed by atoms with Crippen LogP contribution in [-0.4, -0.2) is 49.6 Å². The van der Waals surface area contributed by atoms with Crippen LogP contribution in [0.4, 0.5) is 8.78 Å². The Balaban J connectivity index is 0.000000854.